The highest BCUT2D eigenvalue weighted by atomic mass is 32.2. The minimum absolute atomic E-state index is 0.0892. The number of sulfonamides is 1. The highest BCUT2D eigenvalue weighted by Crippen LogP contribution is 2.20. The zero-order valence-corrected chi connectivity index (χ0v) is 16.7. The summed E-state index contributed by atoms with van der Waals surface area (Å²) in [5.74, 6) is -1.50. The molecule has 0 atom stereocenters. The first-order valence-corrected chi connectivity index (χ1v) is 10.6. The summed E-state index contributed by atoms with van der Waals surface area (Å²) < 4.78 is 41.9. The van der Waals surface area contributed by atoms with E-state index in [-0.39, 0.29) is 17.0 Å². The van der Waals surface area contributed by atoms with E-state index in [4.69, 9.17) is 0 Å². The zero-order valence-electron chi connectivity index (χ0n) is 15.9. The molecule has 29 heavy (non-hydrogen) atoms. The van der Waals surface area contributed by atoms with Gasteiger partial charge >= 0.3 is 0 Å². The number of aryl methyl sites for hydroxylation is 1. The molecule has 0 radical (unpaired) electrons. The van der Waals surface area contributed by atoms with E-state index in [0.717, 1.165) is 29.3 Å². The number of nitrogens with one attached hydrogen (secondary N) is 2. The number of benzene rings is 3. The van der Waals surface area contributed by atoms with Crippen LogP contribution in [-0.2, 0) is 23.0 Å². The van der Waals surface area contributed by atoms with Crippen LogP contribution in [0.4, 0.5) is 10.1 Å². The van der Waals surface area contributed by atoms with Gasteiger partial charge < -0.3 is 5.32 Å². The highest BCUT2D eigenvalue weighted by Gasteiger charge is 2.20. The Hall–Kier alpha value is -3.03. The van der Waals surface area contributed by atoms with Gasteiger partial charge in [0.2, 0.25) is 10.0 Å². The number of carbonyl (C=O) groups is 1. The molecule has 0 spiro atoms. The van der Waals surface area contributed by atoms with Crippen molar-refractivity contribution in [1.29, 1.82) is 0 Å². The summed E-state index contributed by atoms with van der Waals surface area (Å²) in [7, 11) is -3.91. The lowest BCUT2D eigenvalue weighted by Crippen LogP contribution is -2.24. The predicted octanol–water partition coefficient (Wildman–Crippen LogP) is 4.12. The first kappa shape index (κ1) is 20.7. The van der Waals surface area contributed by atoms with Gasteiger partial charge in [-0.2, -0.15) is 0 Å². The quantitative estimate of drug-likeness (QED) is 0.613. The molecular formula is C22H21FN2O3S. The number of hydrogen-bond acceptors (Lipinski definition) is 3. The molecule has 1 amide bonds. The minimum Gasteiger partial charge on any atom is -0.322 e. The predicted molar refractivity (Wildman–Crippen MR) is 111 cm³/mol. The Morgan fingerprint density at radius 3 is 2.38 bits per heavy atom. The molecule has 7 heteroatoms. The second-order valence-electron chi connectivity index (χ2n) is 6.42. The lowest BCUT2D eigenvalue weighted by atomic mass is 10.1. The average Bonchev–Trinajstić information content (AvgIpc) is 2.73. The lowest BCUT2D eigenvalue weighted by Gasteiger charge is -2.12. The van der Waals surface area contributed by atoms with Gasteiger partial charge in [-0.1, -0.05) is 55.5 Å². The largest absolute Gasteiger partial charge is 0.322 e. The van der Waals surface area contributed by atoms with E-state index in [9.17, 15) is 17.6 Å². The van der Waals surface area contributed by atoms with Crippen molar-refractivity contribution in [3.8, 4) is 0 Å². The summed E-state index contributed by atoms with van der Waals surface area (Å²) in [6, 6.07) is 19.4. The van der Waals surface area contributed by atoms with E-state index in [2.05, 4.69) is 10.0 Å². The molecule has 0 heterocycles. The summed E-state index contributed by atoms with van der Waals surface area (Å²) in [4.78, 5) is 12.4. The maximum atomic E-state index is 14.3. The Bertz CT molecular complexity index is 1120. The van der Waals surface area contributed by atoms with Crippen molar-refractivity contribution in [3.63, 3.8) is 0 Å². The Labute approximate surface area is 169 Å². The highest BCUT2D eigenvalue weighted by molar-refractivity contribution is 7.89. The topological polar surface area (TPSA) is 75.3 Å². The molecule has 0 aliphatic rings. The molecule has 5 nitrogen and oxygen atoms in total. The molecule has 150 valence electrons. The number of hydrogen-bond donors (Lipinski definition) is 2. The van der Waals surface area contributed by atoms with Gasteiger partial charge in [-0.05, 0) is 41.8 Å². The Morgan fingerprint density at radius 2 is 1.66 bits per heavy atom. The van der Waals surface area contributed by atoms with Crippen LogP contribution in [0.2, 0.25) is 0 Å². The van der Waals surface area contributed by atoms with Crippen LogP contribution < -0.4 is 10.0 Å². The molecule has 3 aromatic rings. The Balaban J connectivity index is 1.82. The summed E-state index contributed by atoms with van der Waals surface area (Å²) in [5, 5.41) is 2.66. The van der Waals surface area contributed by atoms with Crippen molar-refractivity contribution in [3.05, 3.63) is 95.3 Å². The summed E-state index contributed by atoms with van der Waals surface area (Å²) in [6.07, 6.45) is 0.691. The van der Waals surface area contributed by atoms with Crippen LogP contribution in [-0.4, -0.2) is 14.3 Å². The van der Waals surface area contributed by atoms with Gasteiger partial charge in [0.05, 0.1) is 10.5 Å². The Morgan fingerprint density at radius 1 is 0.966 bits per heavy atom. The molecule has 3 aromatic carbocycles. The molecule has 2 N–H and O–H groups in total. The van der Waals surface area contributed by atoms with Crippen LogP contribution in [0.15, 0.2) is 77.7 Å². The SMILES string of the molecule is CCc1ccccc1NC(=O)c1cc(S(=O)(=O)NCc2ccccc2)ccc1F. The third-order valence-corrected chi connectivity index (χ3v) is 5.85. The molecule has 0 bridgehead atoms. The van der Waals surface area contributed by atoms with Gasteiger partial charge in [0.15, 0.2) is 0 Å². The molecular weight excluding hydrogens is 391 g/mol. The minimum atomic E-state index is -3.91. The van der Waals surface area contributed by atoms with Crippen LogP contribution in [0.5, 0.6) is 0 Å². The van der Waals surface area contributed by atoms with Crippen molar-refractivity contribution in [2.24, 2.45) is 0 Å². The van der Waals surface area contributed by atoms with Crippen LogP contribution in [0.1, 0.15) is 28.4 Å². The normalized spacial score (nSPS) is 11.2. The first-order valence-electron chi connectivity index (χ1n) is 9.13. The number of amides is 1. The molecule has 3 rings (SSSR count). The third kappa shape index (κ3) is 5.07. The van der Waals surface area contributed by atoms with Crippen molar-refractivity contribution in [2.75, 3.05) is 5.32 Å². The number of anilines is 1. The van der Waals surface area contributed by atoms with Gasteiger partial charge in [0, 0.05) is 12.2 Å². The second kappa shape index (κ2) is 8.98. The maximum Gasteiger partial charge on any atom is 0.258 e. The lowest BCUT2D eigenvalue weighted by molar-refractivity contribution is 0.102. The van der Waals surface area contributed by atoms with E-state index >= 15 is 0 Å². The van der Waals surface area contributed by atoms with Crippen LogP contribution in [0, 0.1) is 5.82 Å². The van der Waals surface area contributed by atoms with E-state index < -0.39 is 21.7 Å². The molecule has 0 unspecified atom stereocenters. The molecule has 0 aliphatic heterocycles. The molecule has 0 aromatic heterocycles. The first-order chi connectivity index (χ1) is 13.9. The van der Waals surface area contributed by atoms with E-state index in [1.54, 1.807) is 36.4 Å². The molecule has 0 saturated carbocycles. The third-order valence-electron chi connectivity index (χ3n) is 4.45. The fourth-order valence-electron chi connectivity index (χ4n) is 2.84. The number of para-hydroxylation sites is 1. The smallest absolute Gasteiger partial charge is 0.258 e. The van der Waals surface area contributed by atoms with Crippen molar-refractivity contribution < 1.29 is 17.6 Å². The van der Waals surface area contributed by atoms with E-state index in [1.165, 1.54) is 0 Å². The standard InChI is InChI=1S/C22H21FN2O3S/c1-2-17-10-6-7-11-21(17)25-22(26)19-14-18(12-13-20(19)23)29(27,28)24-15-16-8-4-3-5-9-16/h3-14,24H,2,15H2,1H3,(H,25,26). The van der Waals surface area contributed by atoms with Crippen LogP contribution in [0.25, 0.3) is 0 Å². The van der Waals surface area contributed by atoms with Crippen molar-refractivity contribution in [1.82, 2.24) is 4.72 Å². The number of halogens is 1. The number of carbonyl (C=O) groups excluding carboxylic acids is 1. The van der Waals surface area contributed by atoms with E-state index in [0.29, 0.717) is 12.1 Å². The van der Waals surface area contributed by atoms with Gasteiger partial charge in [-0.25, -0.2) is 17.5 Å². The van der Waals surface area contributed by atoms with Gasteiger partial charge in [-0.15, -0.1) is 0 Å². The summed E-state index contributed by atoms with van der Waals surface area (Å²) in [5.41, 5.74) is 1.91. The molecule has 0 fully saturated rings. The summed E-state index contributed by atoms with van der Waals surface area (Å²) >= 11 is 0. The van der Waals surface area contributed by atoms with Gasteiger partial charge in [-0.3, -0.25) is 4.79 Å². The fourth-order valence-corrected chi connectivity index (χ4v) is 3.89. The number of rotatable bonds is 7. The van der Waals surface area contributed by atoms with Crippen LogP contribution >= 0.6 is 0 Å². The zero-order chi connectivity index (χ0) is 20.9. The fraction of sp³-hybridized carbons (Fsp3) is 0.136. The van der Waals surface area contributed by atoms with Gasteiger partial charge in [0.25, 0.3) is 5.91 Å². The molecule has 0 aliphatic carbocycles. The van der Waals surface area contributed by atoms with Crippen molar-refractivity contribution >= 4 is 21.6 Å². The summed E-state index contributed by atoms with van der Waals surface area (Å²) in [6.45, 7) is 2.03. The van der Waals surface area contributed by atoms with E-state index in [1.807, 2.05) is 25.1 Å². The second-order valence-corrected chi connectivity index (χ2v) is 8.18. The van der Waals surface area contributed by atoms with Crippen LogP contribution in [0.3, 0.4) is 0 Å². The molecule has 0 saturated heterocycles. The van der Waals surface area contributed by atoms with Crippen molar-refractivity contribution in [2.45, 2.75) is 24.8 Å². The van der Waals surface area contributed by atoms with Gasteiger partial charge in [0.1, 0.15) is 5.82 Å². The average molecular weight is 412 g/mol. The monoisotopic (exact) mass is 412 g/mol. The Kier molecular flexibility index (Phi) is 6.41. The maximum absolute atomic E-state index is 14.3.